The molecule has 4 heterocycles. The maximum Gasteiger partial charge on any atom is 0.157 e. The number of aromatic nitrogens is 8. The number of rotatable bonds is 10. The van der Waals surface area contributed by atoms with Gasteiger partial charge in [-0.3, -0.25) is 19.0 Å². The SMILES string of the molecule is O=Cc1c(O)cc(F)cc1O.[2H]C([2H])(Cl)c1cncnc1-c1ccnn1C(C)C.[2H]C([2H])(Oc1cc(F)cc(O)c1C=O)c1cncnc1-c1ccnn1C(C)C. The second-order valence-electron chi connectivity index (χ2n) is 11.3. The Balaban J connectivity index is 0.000000211. The van der Waals surface area contributed by atoms with Gasteiger partial charge >= 0.3 is 0 Å². The molecule has 3 N–H and O–H groups in total. The van der Waals surface area contributed by atoms with Gasteiger partial charge in [0.1, 0.15) is 53.8 Å². The average Bonchev–Trinajstić information content (AvgIpc) is 3.83. The van der Waals surface area contributed by atoms with Gasteiger partial charge < -0.3 is 20.1 Å². The number of carbonyl (C=O) groups is 2. The molecule has 53 heavy (non-hydrogen) atoms. The van der Waals surface area contributed by atoms with Crippen molar-refractivity contribution in [3.8, 4) is 45.8 Å². The summed E-state index contributed by atoms with van der Waals surface area (Å²) in [7, 11) is 0. The number of phenols is 3. The molecule has 2 aromatic carbocycles. The Labute approximate surface area is 313 Å². The number of nitrogens with zero attached hydrogens (tertiary/aromatic N) is 8. The molecule has 6 aromatic rings. The molecule has 0 aliphatic rings. The number of phenolic OH excluding ortho intramolecular Hbond substituents is 3. The van der Waals surface area contributed by atoms with Gasteiger partial charge in [-0.1, -0.05) is 0 Å². The quantitative estimate of drug-likeness (QED) is 0.0974. The number of halogens is 3. The minimum absolute atomic E-state index is 0.0126. The van der Waals surface area contributed by atoms with E-state index in [4.69, 9.17) is 32.0 Å². The summed E-state index contributed by atoms with van der Waals surface area (Å²) in [4.78, 5) is 37.3. The summed E-state index contributed by atoms with van der Waals surface area (Å²) in [6.07, 6.45) is 9.00. The van der Waals surface area contributed by atoms with Crippen molar-refractivity contribution in [3.63, 3.8) is 0 Å². The van der Waals surface area contributed by atoms with Crippen molar-refractivity contribution in [2.75, 3.05) is 0 Å². The Morgan fingerprint density at radius 3 is 1.70 bits per heavy atom. The van der Waals surface area contributed by atoms with E-state index in [2.05, 4.69) is 30.1 Å². The zero-order chi connectivity index (χ0) is 42.2. The average molecular weight is 753 g/mol. The van der Waals surface area contributed by atoms with Crippen LogP contribution in [0.5, 0.6) is 23.0 Å². The molecule has 276 valence electrons. The number of alkyl halides is 1. The zero-order valence-corrected chi connectivity index (χ0v) is 29.3. The van der Waals surface area contributed by atoms with Crippen molar-refractivity contribution in [2.45, 2.75) is 52.2 Å². The first-order valence-electron chi connectivity index (χ1n) is 17.5. The van der Waals surface area contributed by atoms with Crippen LogP contribution in [0, 0.1) is 11.6 Å². The van der Waals surface area contributed by atoms with Crippen LogP contribution in [0.1, 0.15) is 77.1 Å². The van der Waals surface area contributed by atoms with Crippen LogP contribution < -0.4 is 4.74 Å². The second kappa shape index (κ2) is 18.3. The Hall–Kier alpha value is -6.29. The lowest BCUT2D eigenvalue weighted by atomic mass is 10.1. The number of carbonyl (C=O) groups excluding carboxylic acids is 2. The van der Waals surface area contributed by atoms with Gasteiger partial charge in [-0.2, -0.15) is 10.2 Å². The zero-order valence-electron chi connectivity index (χ0n) is 32.5. The molecule has 0 amide bonds. The first kappa shape index (κ1) is 33.8. The van der Waals surface area contributed by atoms with Gasteiger partial charge in [0.05, 0.1) is 42.5 Å². The molecule has 4 aromatic heterocycles. The van der Waals surface area contributed by atoms with Crippen molar-refractivity contribution in [1.29, 1.82) is 0 Å². The summed E-state index contributed by atoms with van der Waals surface area (Å²) in [6, 6.07) is 6.67. The molecule has 14 nitrogen and oxygen atoms in total. The Kier molecular flexibility index (Phi) is 11.7. The topological polar surface area (TPSA) is 191 Å². The molecule has 17 heteroatoms. The minimum atomic E-state index is -2.54. The highest BCUT2D eigenvalue weighted by Crippen LogP contribution is 2.30. The normalized spacial score (nSPS) is 12.3. The number of aldehydes is 2. The largest absolute Gasteiger partial charge is 0.507 e. The van der Waals surface area contributed by atoms with E-state index in [0.29, 0.717) is 11.4 Å². The van der Waals surface area contributed by atoms with Crippen molar-refractivity contribution >= 4 is 24.2 Å². The maximum atomic E-state index is 13.7. The van der Waals surface area contributed by atoms with Gasteiger partial charge in [-0.15, -0.1) is 11.6 Å². The Bertz CT molecular complexity index is 2340. The lowest BCUT2D eigenvalue weighted by Gasteiger charge is -2.14. The smallest absolute Gasteiger partial charge is 0.157 e. The highest BCUT2D eigenvalue weighted by molar-refractivity contribution is 6.17. The third-order valence-electron chi connectivity index (χ3n) is 7.02. The van der Waals surface area contributed by atoms with Crippen molar-refractivity contribution in [3.05, 3.63) is 108 Å². The lowest BCUT2D eigenvalue weighted by Crippen LogP contribution is -2.08. The van der Waals surface area contributed by atoms with Crippen LogP contribution in [-0.4, -0.2) is 67.4 Å². The van der Waals surface area contributed by atoms with Crippen LogP contribution in [-0.2, 0) is 12.4 Å². The molecular weight excluding hydrogens is 714 g/mol. The molecule has 0 aliphatic heterocycles. The van der Waals surface area contributed by atoms with E-state index in [1.54, 1.807) is 33.9 Å². The monoisotopic (exact) mass is 752 g/mol. The predicted molar refractivity (Wildman–Crippen MR) is 190 cm³/mol. The number of benzene rings is 2. The maximum absolute atomic E-state index is 13.7. The van der Waals surface area contributed by atoms with Crippen molar-refractivity contribution in [1.82, 2.24) is 39.5 Å². The summed E-state index contributed by atoms with van der Waals surface area (Å²) in [5.74, 6) is -5.88. The molecular formula is C36H35ClF2N8O6. The molecule has 0 atom stereocenters. The fourth-order valence-corrected chi connectivity index (χ4v) is 4.78. The Morgan fingerprint density at radius 2 is 1.23 bits per heavy atom. The van der Waals surface area contributed by atoms with Crippen molar-refractivity contribution < 1.29 is 43.9 Å². The molecule has 0 aliphatic carbocycles. The van der Waals surface area contributed by atoms with E-state index < -0.39 is 47.0 Å². The van der Waals surface area contributed by atoms with E-state index in [1.165, 1.54) is 25.0 Å². The van der Waals surface area contributed by atoms with E-state index in [-0.39, 0.29) is 52.6 Å². The number of aromatic hydroxyl groups is 3. The fraction of sp³-hybridized carbons (Fsp3) is 0.222. The first-order chi connectivity index (χ1) is 26.8. The van der Waals surface area contributed by atoms with E-state index in [0.717, 1.165) is 30.0 Å². The Morgan fingerprint density at radius 1 is 0.774 bits per heavy atom. The minimum Gasteiger partial charge on any atom is -0.507 e. The van der Waals surface area contributed by atoms with Gasteiger partial charge in [0.25, 0.3) is 0 Å². The summed E-state index contributed by atoms with van der Waals surface area (Å²) >= 11 is 5.74. The highest BCUT2D eigenvalue weighted by Gasteiger charge is 2.17. The predicted octanol–water partition coefficient (Wildman–Crippen LogP) is 6.87. The lowest BCUT2D eigenvalue weighted by molar-refractivity contribution is 0.110. The number of hydrogen-bond donors (Lipinski definition) is 3. The first-order valence-corrected chi connectivity index (χ1v) is 15.9. The summed E-state index contributed by atoms with van der Waals surface area (Å²) in [5.41, 5.74) is 1.51. The fourth-order valence-electron chi connectivity index (χ4n) is 4.64. The van der Waals surface area contributed by atoms with Gasteiger partial charge in [-0.25, -0.2) is 28.7 Å². The van der Waals surface area contributed by atoms with Gasteiger partial charge in [-0.05, 0) is 39.8 Å². The molecule has 6 rings (SSSR count). The third kappa shape index (κ3) is 9.74. The van der Waals surface area contributed by atoms with Gasteiger partial charge in [0.2, 0.25) is 0 Å². The molecule has 0 spiro atoms. The molecule has 0 saturated heterocycles. The molecule has 0 radical (unpaired) electrons. The van der Waals surface area contributed by atoms with E-state index >= 15 is 0 Å². The van der Waals surface area contributed by atoms with Crippen LogP contribution in [0.4, 0.5) is 8.78 Å². The van der Waals surface area contributed by atoms with Gasteiger partial charge in [0.15, 0.2) is 12.6 Å². The van der Waals surface area contributed by atoms with Crippen LogP contribution >= 0.6 is 11.6 Å². The summed E-state index contributed by atoms with van der Waals surface area (Å²) in [5, 5.41) is 35.8. The van der Waals surface area contributed by atoms with Crippen molar-refractivity contribution in [2.24, 2.45) is 0 Å². The highest BCUT2D eigenvalue weighted by atomic mass is 35.5. The van der Waals surface area contributed by atoms with E-state index in [1.807, 2.05) is 27.7 Å². The third-order valence-corrected chi connectivity index (χ3v) is 7.23. The standard InChI is InChI=1S/C18H17FN4O3.C11H13ClN4.C7H5FO3/c1-11(2)23-15(3-4-22-23)18-12(7-20-10-21-18)9-26-17-6-13(19)5-16(25)14(17)8-24;1-8(2)16-10(3-4-15-16)11-9(5-12)6-13-7-14-11;8-4-1-6(10)5(3-9)7(11)2-4/h3-8,10-11,25H,9H2,1-2H3;3-4,6-8H,5H2,1-2H3;1-3,10-11H/i9D2;5D2;. The summed E-state index contributed by atoms with van der Waals surface area (Å²) < 4.78 is 66.6. The van der Waals surface area contributed by atoms with E-state index in [9.17, 15) is 23.5 Å². The number of ether oxygens (including phenoxy) is 1. The van der Waals surface area contributed by atoms with Crippen LogP contribution in [0.25, 0.3) is 22.8 Å². The number of hydrogen-bond acceptors (Lipinski definition) is 12. The molecule has 0 bridgehead atoms. The molecule has 0 unspecified atom stereocenters. The van der Waals surface area contributed by atoms with Gasteiger partial charge in [0, 0.05) is 75.0 Å². The van der Waals surface area contributed by atoms with Crippen LogP contribution in [0.3, 0.4) is 0 Å². The van der Waals surface area contributed by atoms with Crippen LogP contribution in [0.15, 0.2) is 73.8 Å². The van der Waals surface area contributed by atoms with Crippen LogP contribution in [0.2, 0.25) is 0 Å². The molecule has 0 saturated carbocycles. The second-order valence-corrected chi connectivity index (χ2v) is 11.5. The summed E-state index contributed by atoms with van der Waals surface area (Å²) in [6.45, 7) is 5.27. The molecule has 0 fully saturated rings.